The number of amides is 2. The smallest absolute Gasteiger partial charge is 0.325 e. The molecule has 0 aliphatic rings. The first kappa shape index (κ1) is 20.1. The Labute approximate surface area is 157 Å². The Morgan fingerprint density at radius 1 is 1.04 bits per heavy atom. The van der Waals surface area contributed by atoms with Gasteiger partial charge in [0.1, 0.15) is 6.54 Å². The quantitative estimate of drug-likeness (QED) is 0.645. The number of nitrogens with two attached hydrogens (primary N) is 1. The summed E-state index contributed by atoms with van der Waals surface area (Å²) in [6, 6.07) is 15.4. The second kappa shape index (κ2) is 9.49. The maximum Gasteiger partial charge on any atom is 0.325 e. The van der Waals surface area contributed by atoms with Crippen molar-refractivity contribution in [3.05, 3.63) is 65.7 Å². The van der Waals surface area contributed by atoms with Crippen molar-refractivity contribution in [3.8, 4) is 0 Å². The Morgan fingerprint density at radius 2 is 1.67 bits per heavy atom. The second-order valence-electron chi connectivity index (χ2n) is 6.05. The molecule has 0 aromatic heterocycles. The first-order chi connectivity index (χ1) is 12.9. The van der Waals surface area contributed by atoms with Crippen LogP contribution in [0.5, 0.6) is 0 Å². The molecule has 7 heteroatoms. The molecule has 7 nitrogen and oxygen atoms in total. The fraction of sp³-hybridized carbons (Fsp3) is 0.250. The molecule has 0 aliphatic carbocycles. The van der Waals surface area contributed by atoms with Gasteiger partial charge in [0.25, 0.3) is 5.91 Å². The number of carbonyl (C=O) groups excluding carboxylic acids is 3. The number of esters is 1. The Bertz CT molecular complexity index is 791. The van der Waals surface area contributed by atoms with Crippen molar-refractivity contribution >= 4 is 23.5 Å². The Balaban J connectivity index is 1.94. The number of hydrogen-bond donors (Lipinski definition) is 3. The predicted octanol–water partition coefficient (Wildman–Crippen LogP) is 1.86. The number of carbonyl (C=O) groups is 3. The monoisotopic (exact) mass is 369 g/mol. The summed E-state index contributed by atoms with van der Waals surface area (Å²) in [5.41, 5.74) is 7.98. The third-order valence-corrected chi connectivity index (χ3v) is 4.17. The minimum Gasteiger partial charge on any atom is -0.468 e. The molecule has 27 heavy (non-hydrogen) atoms. The van der Waals surface area contributed by atoms with Crippen LogP contribution in [-0.4, -0.2) is 31.4 Å². The van der Waals surface area contributed by atoms with Gasteiger partial charge in [-0.15, -0.1) is 0 Å². The lowest BCUT2D eigenvalue weighted by molar-refractivity contribution is -0.139. The summed E-state index contributed by atoms with van der Waals surface area (Å²) >= 11 is 0. The Morgan fingerprint density at radius 3 is 2.26 bits per heavy atom. The third kappa shape index (κ3) is 5.65. The van der Waals surface area contributed by atoms with Crippen LogP contribution >= 0.6 is 0 Å². The zero-order valence-corrected chi connectivity index (χ0v) is 15.3. The largest absolute Gasteiger partial charge is 0.468 e. The fourth-order valence-corrected chi connectivity index (χ4v) is 2.41. The van der Waals surface area contributed by atoms with Crippen LogP contribution in [0.3, 0.4) is 0 Å². The van der Waals surface area contributed by atoms with Crippen molar-refractivity contribution in [3.63, 3.8) is 0 Å². The molecule has 0 saturated heterocycles. The van der Waals surface area contributed by atoms with Crippen LogP contribution in [0.4, 0.5) is 5.69 Å². The van der Waals surface area contributed by atoms with Crippen molar-refractivity contribution in [2.75, 3.05) is 19.0 Å². The lowest BCUT2D eigenvalue weighted by atomic mass is 9.94. The van der Waals surface area contributed by atoms with Crippen molar-refractivity contribution in [1.29, 1.82) is 0 Å². The molecule has 2 aromatic rings. The van der Waals surface area contributed by atoms with Gasteiger partial charge >= 0.3 is 5.97 Å². The molecule has 0 fully saturated rings. The summed E-state index contributed by atoms with van der Waals surface area (Å²) in [4.78, 5) is 35.4. The number of ether oxygens (including phenoxy) is 1. The van der Waals surface area contributed by atoms with Crippen LogP contribution in [-0.2, 0) is 14.3 Å². The van der Waals surface area contributed by atoms with Gasteiger partial charge in [-0.3, -0.25) is 14.4 Å². The van der Waals surface area contributed by atoms with Crippen molar-refractivity contribution in [2.45, 2.75) is 13.0 Å². The Kier molecular flexibility index (Phi) is 7.08. The van der Waals surface area contributed by atoms with Crippen LogP contribution in [0.1, 0.15) is 28.9 Å². The molecule has 0 heterocycles. The van der Waals surface area contributed by atoms with Crippen LogP contribution in [0.2, 0.25) is 0 Å². The minimum atomic E-state index is -0.532. The van der Waals surface area contributed by atoms with E-state index in [4.69, 9.17) is 5.73 Å². The highest BCUT2D eigenvalue weighted by atomic mass is 16.5. The summed E-state index contributed by atoms with van der Waals surface area (Å²) in [5, 5.41) is 5.24. The molecule has 0 bridgehead atoms. The van der Waals surface area contributed by atoms with Crippen LogP contribution in [0, 0.1) is 5.92 Å². The highest BCUT2D eigenvalue weighted by Crippen LogP contribution is 2.21. The van der Waals surface area contributed by atoms with Gasteiger partial charge in [0, 0.05) is 17.3 Å². The van der Waals surface area contributed by atoms with Gasteiger partial charge in [-0.25, -0.2) is 0 Å². The van der Waals surface area contributed by atoms with Crippen molar-refractivity contribution < 1.29 is 19.1 Å². The molecule has 2 aromatic carbocycles. The van der Waals surface area contributed by atoms with E-state index in [0.717, 1.165) is 5.56 Å². The number of methoxy groups -OCH3 is 1. The summed E-state index contributed by atoms with van der Waals surface area (Å²) < 4.78 is 4.46. The van der Waals surface area contributed by atoms with Gasteiger partial charge in [0.2, 0.25) is 5.91 Å². The van der Waals surface area contributed by atoms with E-state index < -0.39 is 23.8 Å². The normalized spacial score (nSPS) is 12.6. The number of hydrogen-bond acceptors (Lipinski definition) is 5. The van der Waals surface area contributed by atoms with Gasteiger partial charge in [0.15, 0.2) is 0 Å². The molecule has 2 rings (SSSR count). The van der Waals surface area contributed by atoms with Gasteiger partial charge < -0.3 is 21.1 Å². The van der Waals surface area contributed by atoms with Crippen LogP contribution in [0.15, 0.2) is 54.6 Å². The lowest BCUT2D eigenvalue weighted by Crippen LogP contribution is -2.31. The lowest BCUT2D eigenvalue weighted by Gasteiger charge is -2.20. The molecule has 2 atom stereocenters. The molecule has 142 valence electrons. The Hall–Kier alpha value is -3.19. The molecule has 0 saturated carbocycles. The molecular weight excluding hydrogens is 346 g/mol. The standard InChI is InChI=1S/C20H23N3O4/c1-13(18(21)14-6-4-3-5-7-14)19(25)23-16-10-8-15(9-11-16)20(26)22-12-17(24)27-2/h3-11,13,18H,12,21H2,1-2H3,(H,22,26)(H,23,25). The summed E-state index contributed by atoms with van der Waals surface area (Å²) in [6.07, 6.45) is 0. The minimum absolute atomic E-state index is 0.206. The van der Waals surface area contributed by atoms with E-state index in [0.29, 0.717) is 11.3 Å². The molecule has 4 N–H and O–H groups in total. The maximum atomic E-state index is 12.4. The van der Waals surface area contributed by atoms with Gasteiger partial charge in [-0.05, 0) is 29.8 Å². The highest BCUT2D eigenvalue weighted by Gasteiger charge is 2.22. The molecule has 2 amide bonds. The molecule has 0 aliphatic heterocycles. The van der Waals surface area contributed by atoms with Crippen LogP contribution in [0.25, 0.3) is 0 Å². The van der Waals surface area contributed by atoms with Crippen molar-refractivity contribution in [1.82, 2.24) is 5.32 Å². The molecular formula is C20H23N3O4. The van der Waals surface area contributed by atoms with E-state index in [1.54, 1.807) is 31.2 Å². The summed E-state index contributed by atoms with van der Waals surface area (Å²) in [5.74, 6) is -1.58. The molecule has 2 unspecified atom stereocenters. The third-order valence-electron chi connectivity index (χ3n) is 4.17. The first-order valence-electron chi connectivity index (χ1n) is 8.49. The zero-order valence-electron chi connectivity index (χ0n) is 15.3. The van der Waals surface area contributed by atoms with Gasteiger partial charge in [-0.1, -0.05) is 37.3 Å². The van der Waals surface area contributed by atoms with E-state index in [1.807, 2.05) is 30.3 Å². The zero-order chi connectivity index (χ0) is 19.8. The second-order valence-corrected chi connectivity index (χ2v) is 6.05. The first-order valence-corrected chi connectivity index (χ1v) is 8.49. The van der Waals surface area contributed by atoms with E-state index in [9.17, 15) is 14.4 Å². The average molecular weight is 369 g/mol. The van der Waals surface area contributed by atoms with Gasteiger partial charge in [0.05, 0.1) is 13.0 Å². The topological polar surface area (TPSA) is 111 Å². The number of benzene rings is 2. The van der Waals surface area contributed by atoms with E-state index in [2.05, 4.69) is 15.4 Å². The predicted molar refractivity (Wildman–Crippen MR) is 102 cm³/mol. The van der Waals surface area contributed by atoms with Gasteiger partial charge in [-0.2, -0.15) is 0 Å². The average Bonchev–Trinajstić information content (AvgIpc) is 2.71. The van der Waals surface area contributed by atoms with E-state index in [-0.39, 0.29) is 12.5 Å². The van der Waals surface area contributed by atoms with E-state index in [1.165, 1.54) is 7.11 Å². The highest BCUT2D eigenvalue weighted by molar-refractivity contribution is 5.97. The number of rotatable bonds is 7. The molecule has 0 spiro atoms. The number of nitrogens with one attached hydrogen (secondary N) is 2. The molecule has 0 radical (unpaired) electrons. The van der Waals surface area contributed by atoms with Crippen LogP contribution < -0.4 is 16.4 Å². The fourth-order valence-electron chi connectivity index (χ4n) is 2.41. The van der Waals surface area contributed by atoms with E-state index >= 15 is 0 Å². The SMILES string of the molecule is COC(=O)CNC(=O)c1ccc(NC(=O)C(C)C(N)c2ccccc2)cc1. The maximum absolute atomic E-state index is 12.4. The number of anilines is 1. The van der Waals surface area contributed by atoms with Crippen molar-refractivity contribution in [2.24, 2.45) is 11.7 Å². The summed E-state index contributed by atoms with van der Waals surface area (Å²) in [7, 11) is 1.25. The summed E-state index contributed by atoms with van der Waals surface area (Å²) in [6.45, 7) is 1.56.